The number of halogens is 5. The molecule has 0 radical (unpaired) electrons. The molecule has 21 heavy (non-hydrogen) atoms. The third-order valence-electron chi connectivity index (χ3n) is 2.47. The van der Waals surface area contributed by atoms with Crippen molar-refractivity contribution in [2.24, 2.45) is 0 Å². The van der Waals surface area contributed by atoms with Crippen LogP contribution in [0, 0.1) is 5.82 Å². The molecule has 0 aliphatic carbocycles. The molecule has 1 aromatic heterocycles. The van der Waals surface area contributed by atoms with Gasteiger partial charge in [0.1, 0.15) is 11.4 Å². The van der Waals surface area contributed by atoms with E-state index in [1.807, 2.05) is 0 Å². The van der Waals surface area contributed by atoms with E-state index < -0.39 is 29.2 Å². The number of hydrogen-bond donors (Lipinski definition) is 1. The summed E-state index contributed by atoms with van der Waals surface area (Å²) < 4.78 is 51.6. The number of carbonyl (C=O) groups is 1. The van der Waals surface area contributed by atoms with Crippen LogP contribution in [0.5, 0.6) is 0 Å². The van der Waals surface area contributed by atoms with Gasteiger partial charge in [0.15, 0.2) is 11.5 Å². The lowest BCUT2D eigenvalue weighted by Crippen LogP contribution is -2.16. The van der Waals surface area contributed by atoms with Gasteiger partial charge in [0.05, 0.1) is 4.47 Å². The Hall–Kier alpha value is -2.03. The smallest absolute Gasteiger partial charge is 0.434 e. The average molecular weight is 365 g/mol. The summed E-state index contributed by atoms with van der Waals surface area (Å²) in [6, 6.07) is 3.42. The van der Waals surface area contributed by atoms with Crippen molar-refractivity contribution in [1.82, 2.24) is 9.97 Å². The largest absolute Gasteiger partial charge is 0.478 e. The highest BCUT2D eigenvalue weighted by Crippen LogP contribution is 2.32. The molecule has 110 valence electrons. The highest BCUT2D eigenvalue weighted by atomic mass is 79.9. The minimum Gasteiger partial charge on any atom is -0.478 e. The van der Waals surface area contributed by atoms with Crippen LogP contribution in [0.2, 0.25) is 0 Å². The van der Waals surface area contributed by atoms with E-state index in [2.05, 4.69) is 25.9 Å². The fourth-order valence-corrected chi connectivity index (χ4v) is 1.91. The number of carboxylic acids is 1. The lowest BCUT2D eigenvalue weighted by molar-refractivity contribution is -0.141. The van der Waals surface area contributed by atoms with Crippen LogP contribution in [-0.2, 0) is 6.18 Å². The molecule has 2 rings (SSSR count). The Kier molecular flexibility index (Phi) is 3.95. The summed E-state index contributed by atoms with van der Waals surface area (Å²) in [6.07, 6.45) is -4.37. The molecule has 0 aliphatic rings. The third kappa shape index (κ3) is 3.18. The summed E-state index contributed by atoms with van der Waals surface area (Å²) in [5, 5.41) is 8.73. The predicted molar refractivity (Wildman–Crippen MR) is 67.1 cm³/mol. The molecule has 9 heteroatoms. The lowest BCUT2D eigenvalue weighted by Gasteiger charge is -2.10. The van der Waals surface area contributed by atoms with E-state index >= 15 is 0 Å². The summed E-state index contributed by atoms with van der Waals surface area (Å²) in [4.78, 5) is 17.6. The Morgan fingerprint density at radius 2 is 1.95 bits per heavy atom. The van der Waals surface area contributed by atoms with Crippen molar-refractivity contribution in [2.75, 3.05) is 0 Å². The first-order valence-corrected chi connectivity index (χ1v) is 6.12. The zero-order valence-corrected chi connectivity index (χ0v) is 11.5. The molecule has 4 nitrogen and oxygen atoms in total. The highest BCUT2D eigenvalue weighted by molar-refractivity contribution is 9.10. The summed E-state index contributed by atoms with van der Waals surface area (Å²) in [5.74, 6) is -2.74. The van der Waals surface area contributed by atoms with Gasteiger partial charge < -0.3 is 5.11 Å². The summed E-state index contributed by atoms with van der Waals surface area (Å²) in [7, 11) is 0. The Morgan fingerprint density at radius 1 is 1.29 bits per heavy atom. The molecule has 0 aliphatic heterocycles. The maximum atomic E-state index is 13.1. The van der Waals surface area contributed by atoms with E-state index in [-0.39, 0.29) is 15.9 Å². The molecule has 0 saturated carbocycles. The number of rotatable bonds is 2. The Labute approximate surface area is 123 Å². The van der Waals surface area contributed by atoms with Crippen LogP contribution in [-0.4, -0.2) is 21.0 Å². The number of benzene rings is 1. The van der Waals surface area contributed by atoms with Crippen molar-refractivity contribution in [1.29, 1.82) is 0 Å². The van der Waals surface area contributed by atoms with Gasteiger partial charge in [-0.2, -0.15) is 13.2 Å². The maximum absolute atomic E-state index is 13.1. The number of aromatic carboxylic acids is 1. The molecule has 0 spiro atoms. The molecule has 2 aromatic rings. The van der Waals surface area contributed by atoms with Crippen molar-refractivity contribution in [3.05, 3.63) is 45.9 Å². The van der Waals surface area contributed by atoms with Crippen LogP contribution in [0.15, 0.2) is 28.9 Å². The van der Waals surface area contributed by atoms with E-state index in [1.165, 1.54) is 12.1 Å². The second-order valence-corrected chi connectivity index (χ2v) is 4.74. The Balaban J connectivity index is 2.61. The molecule has 0 unspecified atom stereocenters. The number of nitrogens with zero attached hydrogens (tertiary/aromatic N) is 2. The van der Waals surface area contributed by atoms with Gasteiger partial charge in [-0.1, -0.05) is 0 Å². The fourth-order valence-electron chi connectivity index (χ4n) is 1.53. The lowest BCUT2D eigenvalue weighted by atomic mass is 10.1. The van der Waals surface area contributed by atoms with E-state index in [0.29, 0.717) is 6.20 Å². The van der Waals surface area contributed by atoms with Gasteiger partial charge in [-0.05, 0) is 34.1 Å². The number of aromatic nitrogens is 2. The van der Waals surface area contributed by atoms with Crippen LogP contribution < -0.4 is 0 Å². The van der Waals surface area contributed by atoms with E-state index in [4.69, 9.17) is 5.11 Å². The van der Waals surface area contributed by atoms with Crippen molar-refractivity contribution < 1.29 is 27.5 Å². The van der Waals surface area contributed by atoms with Crippen molar-refractivity contribution >= 4 is 21.9 Å². The zero-order valence-electron chi connectivity index (χ0n) is 9.95. The van der Waals surface area contributed by atoms with E-state index in [0.717, 1.165) is 6.07 Å². The first kappa shape index (κ1) is 15.4. The Bertz CT molecular complexity index is 719. The van der Waals surface area contributed by atoms with Gasteiger partial charge in [-0.3, -0.25) is 0 Å². The standard InChI is InChI=1S/C12H5BrF4N2O2/c13-7-3-5(1-2-8(7)14)10-18-4-6(11(20)21)9(19-10)12(15,16)17/h1-4H,(H,20,21). The van der Waals surface area contributed by atoms with Crippen molar-refractivity contribution in [3.8, 4) is 11.4 Å². The van der Waals surface area contributed by atoms with Gasteiger partial charge in [-0.25, -0.2) is 19.2 Å². The molecule has 1 N–H and O–H groups in total. The van der Waals surface area contributed by atoms with Crippen LogP contribution in [0.1, 0.15) is 16.1 Å². The number of hydrogen-bond acceptors (Lipinski definition) is 3. The predicted octanol–water partition coefficient (Wildman–Crippen LogP) is 3.76. The van der Waals surface area contributed by atoms with Crippen molar-refractivity contribution in [3.63, 3.8) is 0 Å². The van der Waals surface area contributed by atoms with Crippen molar-refractivity contribution in [2.45, 2.75) is 6.18 Å². The molecule has 1 heterocycles. The molecule has 1 aromatic carbocycles. The quantitative estimate of drug-likeness (QED) is 0.824. The monoisotopic (exact) mass is 364 g/mol. The van der Waals surface area contributed by atoms with Gasteiger partial charge in [0.2, 0.25) is 0 Å². The number of carboxylic acid groups (broad SMARTS) is 1. The molecule has 0 fully saturated rings. The minimum absolute atomic E-state index is 0.0273. The topological polar surface area (TPSA) is 63.1 Å². The molecule has 0 atom stereocenters. The molecular formula is C12H5BrF4N2O2. The minimum atomic E-state index is -4.94. The van der Waals surface area contributed by atoms with Crippen LogP contribution in [0.25, 0.3) is 11.4 Å². The first-order chi connectivity index (χ1) is 9.70. The number of alkyl halides is 3. The normalized spacial score (nSPS) is 11.5. The van der Waals surface area contributed by atoms with Gasteiger partial charge in [-0.15, -0.1) is 0 Å². The summed E-state index contributed by atoms with van der Waals surface area (Å²) in [6.45, 7) is 0. The zero-order chi connectivity index (χ0) is 15.8. The first-order valence-electron chi connectivity index (χ1n) is 5.33. The molecular weight excluding hydrogens is 360 g/mol. The third-order valence-corrected chi connectivity index (χ3v) is 3.07. The molecule has 0 amide bonds. The maximum Gasteiger partial charge on any atom is 0.434 e. The van der Waals surface area contributed by atoms with Gasteiger partial charge in [0.25, 0.3) is 0 Å². The highest BCUT2D eigenvalue weighted by Gasteiger charge is 2.38. The van der Waals surface area contributed by atoms with E-state index in [1.54, 1.807) is 0 Å². The summed E-state index contributed by atoms with van der Waals surface area (Å²) in [5.41, 5.74) is -2.49. The Morgan fingerprint density at radius 3 is 2.48 bits per heavy atom. The second-order valence-electron chi connectivity index (χ2n) is 3.89. The second kappa shape index (κ2) is 5.40. The van der Waals surface area contributed by atoms with Crippen LogP contribution in [0.4, 0.5) is 17.6 Å². The molecule has 0 bridgehead atoms. The fraction of sp³-hybridized carbons (Fsp3) is 0.0833. The average Bonchev–Trinajstić information content (AvgIpc) is 2.40. The van der Waals surface area contributed by atoms with Crippen LogP contribution in [0.3, 0.4) is 0 Å². The van der Waals surface area contributed by atoms with Gasteiger partial charge >= 0.3 is 12.1 Å². The van der Waals surface area contributed by atoms with Gasteiger partial charge in [0, 0.05) is 11.8 Å². The molecule has 0 saturated heterocycles. The summed E-state index contributed by atoms with van der Waals surface area (Å²) >= 11 is 2.89. The SMILES string of the molecule is O=C(O)c1cnc(-c2ccc(F)c(Br)c2)nc1C(F)(F)F. The van der Waals surface area contributed by atoms with E-state index in [9.17, 15) is 22.4 Å². The van der Waals surface area contributed by atoms with Crippen LogP contribution >= 0.6 is 15.9 Å².